The van der Waals surface area contributed by atoms with Gasteiger partial charge in [0.2, 0.25) is 0 Å². The number of rotatable bonds is 5. The van der Waals surface area contributed by atoms with Crippen LogP contribution < -0.4 is 10.6 Å². The molecule has 2 N–H and O–H groups in total. The molecule has 0 bridgehead atoms. The largest absolute Gasteiger partial charge is 0.394 e. The van der Waals surface area contributed by atoms with Crippen molar-refractivity contribution in [3.63, 3.8) is 0 Å². The lowest BCUT2D eigenvalue weighted by Crippen LogP contribution is -2.35. The second kappa shape index (κ2) is 8.44. The quantitative estimate of drug-likeness (QED) is 0.656. The number of piperidine rings is 1. The molecular formula is C22H24N4S. The van der Waals surface area contributed by atoms with Crippen LogP contribution in [0.4, 0.5) is 11.5 Å². The van der Waals surface area contributed by atoms with Gasteiger partial charge in [-0.05, 0) is 42.9 Å². The number of aromatic nitrogens is 2. The monoisotopic (exact) mass is 376 g/mol. The summed E-state index contributed by atoms with van der Waals surface area (Å²) in [5, 5.41) is 0.831. The first-order chi connectivity index (χ1) is 13.3. The SMILES string of the molecule is Nc1c(Sc2ccccc2)ncnc1N1CCC(Cc2ccccc2)CC1. The van der Waals surface area contributed by atoms with Crippen LogP contribution >= 0.6 is 11.8 Å². The molecule has 4 nitrogen and oxygen atoms in total. The summed E-state index contributed by atoms with van der Waals surface area (Å²) < 4.78 is 0. The van der Waals surface area contributed by atoms with E-state index in [0.29, 0.717) is 5.69 Å². The summed E-state index contributed by atoms with van der Waals surface area (Å²) in [7, 11) is 0. The van der Waals surface area contributed by atoms with Crippen molar-refractivity contribution in [1.29, 1.82) is 0 Å². The molecule has 1 saturated heterocycles. The molecule has 138 valence electrons. The Hall–Kier alpha value is -2.53. The number of hydrogen-bond donors (Lipinski definition) is 1. The maximum Gasteiger partial charge on any atom is 0.156 e. The fourth-order valence-corrected chi connectivity index (χ4v) is 4.42. The number of hydrogen-bond acceptors (Lipinski definition) is 5. The molecule has 27 heavy (non-hydrogen) atoms. The number of anilines is 2. The number of nitrogen functional groups attached to an aromatic ring is 1. The van der Waals surface area contributed by atoms with Crippen LogP contribution in [0.2, 0.25) is 0 Å². The summed E-state index contributed by atoms with van der Waals surface area (Å²) in [4.78, 5) is 12.3. The predicted octanol–water partition coefficient (Wildman–Crippen LogP) is 4.67. The minimum atomic E-state index is 0.688. The normalized spacial score (nSPS) is 15.0. The van der Waals surface area contributed by atoms with Gasteiger partial charge in [-0.2, -0.15) is 0 Å². The number of benzene rings is 2. The highest BCUT2D eigenvalue weighted by Crippen LogP contribution is 2.35. The Balaban J connectivity index is 1.41. The van der Waals surface area contributed by atoms with Crippen LogP contribution in [0.3, 0.4) is 0 Å². The van der Waals surface area contributed by atoms with E-state index < -0.39 is 0 Å². The first-order valence-corrected chi connectivity index (χ1v) is 10.2. The maximum atomic E-state index is 6.43. The second-order valence-corrected chi connectivity index (χ2v) is 8.01. The highest BCUT2D eigenvalue weighted by molar-refractivity contribution is 7.99. The van der Waals surface area contributed by atoms with Crippen molar-refractivity contribution < 1.29 is 0 Å². The molecule has 1 aromatic heterocycles. The van der Waals surface area contributed by atoms with Gasteiger partial charge in [0.15, 0.2) is 5.82 Å². The standard InChI is InChI=1S/C22H24N4S/c23-20-21(24-16-25-22(20)27-19-9-5-2-6-10-19)26-13-11-18(12-14-26)15-17-7-3-1-4-8-17/h1-10,16,18H,11-15,23H2. The van der Waals surface area contributed by atoms with Gasteiger partial charge in [-0.3, -0.25) is 0 Å². The molecule has 0 aliphatic carbocycles. The van der Waals surface area contributed by atoms with Gasteiger partial charge in [-0.1, -0.05) is 60.3 Å². The van der Waals surface area contributed by atoms with Crippen LogP contribution in [0.5, 0.6) is 0 Å². The molecule has 0 saturated carbocycles. The minimum absolute atomic E-state index is 0.688. The summed E-state index contributed by atoms with van der Waals surface area (Å²) in [6.45, 7) is 1.99. The smallest absolute Gasteiger partial charge is 0.156 e. The van der Waals surface area contributed by atoms with Crippen LogP contribution in [0, 0.1) is 5.92 Å². The first kappa shape index (κ1) is 17.9. The van der Waals surface area contributed by atoms with Crippen molar-refractivity contribution in [2.45, 2.75) is 29.2 Å². The van der Waals surface area contributed by atoms with Crippen molar-refractivity contribution in [3.8, 4) is 0 Å². The molecule has 0 unspecified atom stereocenters. The molecule has 1 aliphatic heterocycles. The van der Waals surface area contributed by atoms with Crippen molar-refractivity contribution >= 4 is 23.3 Å². The Labute approximate surface area is 164 Å². The fraction of sp³-hybridized carbons (Fsp3) is 0.273. The van der Waals surface area contributed by atoms with Gasteiger partial charge in [0.05, 0.1) is 0 Å². The lowest BCUT2D eigenvalue weighted by atomic mass is 9.90. The van der Waals surface area contributed by atoms with Gasteiger partial charge < -0.3 is 10.6 Å². The van der Waals surface area contributed by atoms with Gasteiger partial charge in [-0.25, -0.2) is 9.97 Å². The molecule has 2 heterocycles. The third-order valence-electron chi connectivity index (χ3n) is 5.07. The average molecular weight is 377 g/mol. The van der Waals surface area contributed by atoms with Crippen molar-refractivity contribution in [2.24, 2.45) is 5.92 Å². The van der Waals surface area contributed by atoms with Crippen molar-refractivity contribution in [3.05, 3.63) is 72.6 Å². The zero-order valence-corrected chi connectivity index (χ0v) is 16.1. The van der Waals surface area contributed by atoms with E-state index in [1.807, 2.05) is 18.2 Å². The lowest BCUT2D eigenvalue weighted by molar-refractivity contribution is 0.402. The van der Waals surface area contributed by atoms with Crippen LogP contribution in [0.15, 0.2) is 76.9 Å². The van der Waals surface area contributed by atoms with Crippen molar-refractivity contribution in [1.82, 2.24) is 9.97 Å². The highest BCUT2D eigenvalue weighted by atomic mass is 32.2. The van der Waals surface area contributed by atoms with E-state index in [-0.39, 0.29) is 0 Å². The molecule has 2 aromatic carbocycles. The van der Waals surface area contributed by atoms with Gasteiger partial charge in [0, 0.05) is 18.0 Å². The molecule has 0 radical (unpaired) electrons. The van der Waals surface area contributed by atoms with Crippen molar-refractivity contribution in [2.75, 3.05) is 23.7 Å². The Bertz CT molecular complexity index is 862. The van der Waals surface area contributed by atoms with Gasteiger partial charge in [0.1, 0.15) is 17.0 Å². The van der Waals surface area contributed by atoms with E-state index in [1.165, 1.54) is 18.4 Å². The Morgan fingerprint density at radius 1 is 0.926 bits per heavy atom. The van der Waals surface area contributed by atoms with E-state index in [2.05, 4.69) is 57.3 Å². The Kier molecular flexibility index (Phi) is 5.58. The Morgan fingerprint density at radius 3 is 2.30 bits per heavy atom. The number of nitrogens with two attached hydrogens (primary N) is 1. The summed E-state index contributed by atoms with van der Waals surface area (Å²) in [5.74, 6) is 1.60. The van der Waals surface area contributed by atoms with Gasteiger partial charge >= 0.3 is 0 Å². The second-order valence-electron chi connectivity index (χ2n) is 6.95. The van der Waals surface area contributed by atoms with E-state index in [9.17, 15) is 0 Å². The minimum Gasteiger partial charge on any atom is -0.394 e. The van der Waals surface area contributed by atoms with E-state index in [1.54, 1.807) is 18.1 Å². The maximum absolute atomic E-state index is 6.43. The van der Waals surface area contributed by atoms with Crippen LogP contribution in [-0.2, 0) is 6.42 Å². The lowest BCUT2D eigenvalue weighted by Gasteiger charge is -2.33. The molecule has 1 aliphatic rings. The van der Waals surface area contributed by atoms with E-state index in [4.69, 9.17) is 5.73 Å². The topological polar surface area (TPSA) is 55.0 Å². The van der Waals surface area contributed by atoms with E-state index >= 15 is 0 Å². The number of nitrogens with zero attached hydrogens (tertiary/aromatic N) is 3. The summed E-state index contributed by atoms with van der Waals surface area (Å²) in [6, 6.07) is 21.0. The van der Waals surface area contributed by atoms with Gasteiger partial charge in [-0.15, -0.1) is 0 Å². The summed E-state index contributed by atoms with van der Waals surface area (Å²) >= 11 is 1.59. The molecule has 1 fully saturated rings. The van der Waals surface area contributed by atoms with Crippen LogP contribution in [-0.4, -0.2) is 23.1 Å². The molecule has 5 heteroatoms. The molecular weight excluding hydrogens is 352 g/mol. The Morgan fingerprint density at radius 2 is 1.59 bits per heavy atom. The van der Waals surface area contributed by atoms with Crippen LogP contribution in [0.1, 0.15) is 18.4 Å². The summed E-state index contributed by atoms with van der Waals surface area (Å²) in [5.41, 5.74) is 8.55. The molecule has 0 spiro atoms. The molecule has 0 atom stereocenters. The van der Waals surface area contributed by atoms with Gasteiger partial charge in [0.25, 0.3) is 0 Å². The first-order valence-electron chi connectivity index (χ1n) is 9.42. The zero-order valence-electron chi connectivity index (χ0n) is 15.3. The fourth-order valence-electron chi connectivity index (χ4n) is 3.60. The third-order valence-corrected chi connectivity index (χ3v) is 6.09. The zero-order chi connectivity index (χ0) is 18.5. The average Bonchev–Trinajstić information content (AvgIpc) is 2.72. The third kappa shape index (κ3) is 4.42. The molecule has 3 aromatic rings. The molecule has 4 rings (SSSR count). The van der Waals surface area contributed by atoms with Crippen LogP contribution in [0.25, 0.3) is 0 Å². The molecule has 0 amide bonds. The van der Waals surface area contributed by atoms with E-state index in [0.717, 1.165) is 41.2 Å². The predicted molar refractivity (Wildman–Crippen MR) is 112 cm³/mol. The summed E-state index contributed by atoms with van der Waals surface area (Å²) in [6.07, 6.45) is 5.12. The highest BCUT2D eigenvalue weighted by Gasteiger charge is 2.23.